The number of allylic oxidation sites excluding steroid dienone is 2. The van der Waals surface area contributed by atoms with Gasteiger partial charge in [-0.3, -0.25) is 9.69 Å². The van der Waals surface area contributed by atoms with Gasteiger partial charge in [0.15, 0.2) is 5.78 Å². The van der Waals surface area contributed by atoms with Crippen LogP contribution in [-0.2, 0) is 11.8 Å². The number of fused-ring (bicyclic) bond motifs is 3. The summed E-state index contributed by atoms with van der Waals surface area (Å²) in [6, 6.07) is 14.0. The van der Waals surface area contributed by atoms with Crippen LogP contribution in [-0.4, -0.2) is 66.9 Å². The van der Waals surface area contributed by atoms with Crippen LogP contribution in [0.25, 0.3) is 11.1 Å². The van der Waals surface area contributed by atoms with E-state index >= 15 is 0 Å². The lowest BCUT2D eigenvalue weighted by Crippen LogP contribution is -2.44. The van der Waals surface area contributed by atoms with Crippen LogP contribution in [0.5, 0.6) is 0 Å². The number of Topliss-reactive ketones (excluding diaryl/α,β-unsaturated/α-hetero) is 1. The van der Waals surface area contributed by atoms with Gasteiger partial charge in [0.2, 0.25) is 0 Å². The summed E-state index contributed by atoms with van der Waals surface area (Å²) in [5.41, 5.74) is 10.6. The Hall–Kier alpha value is -3.20. The topological polar surface area (TPSA) is 50.6 Å². The van der Waals surface area contributed by atoms with Gasteiger partial charge in [0.05, 0.1) is 11.6 Å². The van der Waals surface area contributed by atoms with Gasteiger partial charge in [0, 0.05) is 66.1 Å². The number of carbonyl (C=O) groups is 1. The first kappa shape index (κ1) is 27.6. The van der Waals surface area contributed by atoms with Crippen LogP contribution in [0.15, 0.2) is 42.0 Å². The fraction of sp³-hybridized carbons (Fsp3) is 0.514. The molecule has 218 valence electrons. The van der Waals surface area contributed by atoms with E-state index in [1.54, 1.807) is 0 Å². The Bertz CT molecular complexity index is 1540. The highest BCUT2D eigenvalue weighted by molar-refractivity contribution is 6.33. The Balaban J connectivity index is 1.30. The van der Waals surface area contributed by atoms with Crippen molar-refractivity contribution in [3.8, 4) is 6.07 Å². The van der Waals surface area contributed by atoms with Gasteiger partial charge in [-0.1, -0.05) is 26.0 Å². The zero-order valence-corrected chi connectivity index (χ0v) is 25.8. The summed E-state index contributed by atoms with van der Waals surface area (Å²) in [7, 11) is 0. The van der Waals surface area contributed by atoms with Crippen LogP contribution in [0.1, 0.15) is 98.0 Å². The average molecular weight is 561 g/mol. The van der Waals surface area contributed by atoms with E-state index in [9.17, 15) is 10.1 Å². The van der Waals surface area contributed by atoms with Crippen molar-refractivity contribution in [2.24, 2.45) is 0 Å². The molecule has 3 heterocycles. The summed E-state index contributed by atoms with van der Waals surface area (Å²) in [6.07, 6.45) is 9.30. The molecule has 42 heavy (non-hydrogen) atoms. The number of likely N-dealkylation sites (tertiary alicyclic amines) is 1. The molecule has 0 saturated carbocycles. The third-order valence-corrected chi connectivity index (χ3v) is 11.0. The zero-order valence-electron chi connectivity index (χ0n) is 25.8. The SMILES string of the molecule is CC(C)N1CC=C(c2cc3c(cc2N2CCC(N4CCCC4)CC2)C(C)(C)C2=C(C3=O)c3ccc(C#N)cc3C2)CC1. The van der Waals surface area contributed by atoms with Crippen molar-refractivity contribution in [3.63, 3.8) is 0 Å². The molecule has 5 heteroatoms. The van der Waals surface area contributed by atoms with Gasteiger partial charge in [-0.15, -0.1) is 0 Å². The van der Waals surface area contributed by atoms with Crippen molar-refractivity contribution >= 4 is 22.6 Å². The third kappa shape index (κ3) is 4.46. The van der Waals surface area contributed by atoms with Crippen molar-refractivity contribution in [2.45, 2.75) is 83.7 Å². The summed E-state index contributed by atoms with van der Waals surface area (Å²) >= 11 is 0. The summed E-state index contributed by atoms with van der Waals surface area (Å²) in [4.78, 5) is 22.3. The molecular formula is C37H44N4O. The lowest BCUT2D eigenvalue weighted by atomic mass is 9.67. The highest BCUT2D eigenvalue weighted by atomic mass is 16.1. The summed E-state index contributed by atoms with van der Waals surface area (Å²) in [5, 5.41) is 9.51. The summed E-state index contributed by atoms with van der Waals surface area (Å²) in [6.45, 7) is 15.8. The minimum atomic E-state index is -0.263. The number of hydrogen-bond donors (Lipinski definition) is 0. The molecular weight excluding hydrogens is 516 g/mol. The Kier molecular flexibility index (Phi) is 6.91. The second kappa shape index (κ2) is 10.5. The standard InChI is InChI=1S/C37H44N4O/c1-24(2)39-15-9-26(10-16-39)30-21-31-32(22-34(30)41-17-11-28(12-18-41)40-13-5-6-14-40)37(3,4)33-20-27-19-25(23-38)7-8-29(27)35(33)36(31)42/h7-9,19,21-22,24,28H,5-6,10-18,20H2,1-4H3. The first-order valence-electron chi connectivity index (χ1n) is 16.2. The highest BCUT2D eigenvalue weighted by Crippen LogP contribution is 2.52. The number of benzene rings is 2. The lowest BCUT2D eigenvalue weighted by molar-refractivity contribution is 0.105. The first-order valence-corrected chi connectivity index (χ1v) is 16.2. The van der Waals surface area contributed by atoms with E-state index in [4.69, 9.17) is 0 Å². The lowest BCUT2D eigenvalue weighted by Gasteiger charge is -2.41. The normalized spacial score (nSPS) is 22.7. The van der Waals surface area contributed by atoms with Gasteiger partial charge >= 0.3 is 0 Å². The van der Waals surface area contributed by atoms with Crippen LogP contribution in [0.2, 0.25) is 0 Å². The maximum atomic E-state index is 14.4. The van der Waals surface area contributed by atoms with Gasteiger partial charge in [0.25, 0.3) is 0 Å². The molecule has 2 aromatic carbocycles. The molecule has 0 unspecified atom stereocenters. The maximum absolute atomic E-state index is 14.4. The van der Waals surface area contributed by atoms with Crippen LogP contribution < -0.4 is 4.90 Å². The molecule has 7 rings (SSSR count). The monoisotopic (exact) mass is 560 g/mol. The molecule has 5 aliphatic rings. The molecule has 0 spiro atoms. The molecule has 0 atom stereocenters. The van der Waals surface area contributed by atoms with Crippen LogP contribution >= 0.6 is 0 Å². The number of anilines is 1. The molecule has 5 nitrogen and oxygen atoms in total. The van der Waals surface area contributed by atoms with Gasteiger partial charge < -0.3 is 9.80 Å². The largest absolute Gasteiger partial charge is 0.371 e. The van der Waals surface area contributed by atoms with Crippen molar-refractivity contribution in [3.05, 3.63) is 75.4 Å². The Morgan fingerprint density at radius 1 is 0.952 bits per heavy atom. The number of nitriles is 1. The van der Waals surface area contributed by atoms with Gasteiger partial charge in [-0.25, -0.2) is 0 Å². The van der Waals surface area contributed by atoms with E-state index < -0.39 is 0 Å². The number of hydrogen-bond acceptors (Lipinski definition) is 5. The smallest absolute Gasteiger partial charge is 0.193 e. The van der Waals surface area contributed by atoms with E-state index in [1.165, 1.54) is 66.7 Å². The number of piperidine rings is 1. The molecule has 0 aromatic heterocycles. The van der Waals surface area contributed by atoms with E-state index in [0.717, 1.165) is 61.3 Å². The van der Waals surface area contributed by atoms with E-state index in [1.807, 2.05) is 18.2 Å². The number of rotatable bonds is 4. The molecule has 0 bridgehead atoms. The minimum absolute atomic E-state index is 0.156. The molecule has 2 fully saturated rings. The number of nitrogens with zero attached hydrogens (tertiary/aromatic N) is 4. The fourth-order valence-electron chi connectivity index (χ4n) is 8.37. The molecule has 0 N–H and O–H groups in total. The number of carbonyl (C=O) groups excluding carboxylic acids is 1. The highest BCUT2D eigenvalue weighted by Gasteiger charge is 2.44. The van der Waals surface area contributed by atoms with Gasteiger partial charge in [-0.05, 0) is 118 Å². The van der Waals surface area contributed by atoms with Crippen molar-refractivity contribution in [1.82, 2.24) is 9.80 Å². The van der Waals surface area contributed by atoms with E-state index in [-0.39, 0.29) is 11.2 Å². The maximum Gasteiger partial charge on any atom is 0.193 e. The van der Waals surface area contributed by atoms with Crippen LogP contribution in [0.4, 0.5) is 5.69 Å². The predicted molar refractivity (Wildman–Crippen MR) is 171 cm³/mol. The first-order chi connectivity index (χ1) is 20.3. The Morgan fingerprint density at radius 2 is 1.71 bits per heavy atom. The van der Waals surface area contributed by atoms with E-state index in [0.29, 0.717) is 17.6 Å². The zero-order chi connectivity index (χ0) is 29.2. The summed E-state index contributed by atoms with van der Waals surface area (Å²) in [5.74, 6) is 0.156. The van der Waals surface area contributed by atoms with Crippen molar-refractivity contribution < 1.29 is 4.79 Å². The molecule has 2 aliphatic carbocycles. The Labute approximate surface area is 251 Å². The molecule has 0 amide bonds. The van der Waals surface area contributed by atoms with Gasteiger partial charge in [0.1, 0.15) is 0 Å². The van der Waals surface area contributed by atoms with E-state index in [2.05, 4.69) is 66.7 Å². The molecule has 2 aromatic rings. The second-order valence-corrected chi connectivity index (χ2v) is 13.9. The van der Waals surface area contributed by atoms with Crippen molar-refractivity contribution in [1.29, 1.82) is 5.26 Å². The minimum Gasteiger partial charge on any atom is -0.371 e. The molecule has 2 saturated heterocycles. The van der Waals surface area contributed by atoms with Crippen LogP contribution in [0, 0.1) is 11.3 Å². The Morgan fingerprint density at radius 3 is 2.38 bits per heavy atom. The third-order valence-electron chi connectivity index (χ3n) is 11.0. The molecule has 3 aliphatic heterocycles. The fourth-order valence-corrected chi connectivity index (χ4v) is 8.37. The predicted octanol–water partition coefficient (Wildman–Crippen LogP) is 6.60. The summed E-state index contributed by atoms with van der Waals surface area (Å²) < 4.78 is 0. The number of ketones is 1. The van der Waals surface area contributed by atoms with Crippen molar-refractivity contribution in [2.75, 3.05) is 44.2 Å². The molecule has 0 radical (unpaired) electrons. The van der Waals surface area contributed by atoms with Gasteiger partial charge in [-0.2, -0.15) is 5.26 Å². The quantitative estimate of drug-likeness (QED) is 0.422. The second-order valence-electron chi connectivity index (χ2n) is 13.9. The average Bonchev–Trinajstić information content (AvgIpc) is 3.69. The van der Waals surface area contributed by atoms with Crippen LogP contribution in [0.3, 0.4) is 0 Å².